The van der Waals surface area contributed by atoms with Gasteiger partial charge in [-0.2, -0.15) is 5.10 Å². The molecule has 24 heavy (non-hydrogen) atoms. The number of aromatic carboxylic acids is 1. The van der Waals surface area contributed by atoms with E-state index >= 15 is 0 Å². The third kappa shape index (κ3) is 3.31. The van der Waals surface area contributed by atoms with Gasteiger partial charge in [-0.15, -0.1) is 0 Å². The Hall–Kier alpha value is -2.26. The fourth-order valence-electron chi connectivity index (χ4n) is 2.96. The molecule has 8 nitrogen and oxygen atoms in total. The number of sulfonamides is 1. The summed E-state index contributed by atoms with van der Waals surface area (Å²) in [5, 5.41) is 14.0. The third-order valence-electron chi connectivity index (χ3n) is 3.97. The first-order chi connectivity index (χ1) is 11.4. The summed E-state index contributed by atoms with van der Waals surface area (Å²) in [6.07, 6.45) is 6.34. The van der Waals surface area contributed by atoms with Gasteiger partial charge < -0.3 is 5.11 Å². The summed E-state index contributed by atoms with van der Waals surface area (Å²) in [5.74, 6) is -1.02. The number of pyridine rings is 1. The van der Waals surface area contributed by atoms with Crippen molar-refractivity contribution in [3.05, 3.63) is 35.3 Å². The van der Waals surface area contributed by atoms with Crippen LogP contribution in [0.5, 0.6) is 0 Å². The van der Waals surface area contributed by atoms with Crippen LogP contribution >= 0.6 is 0 Å². The molecular weight excluding hydrogens is 332 g/mol. The van der Waals surface area contributed by atoms with Crippen molar-refractivity contribution in [3.63, 3.8) is 0 Å². The lowest BCUT2D eigenvalue weighted by Crippen LogP contribution is -2.24. The highest BCUT2D eigenvalue weighted by Crippen LogP contribution is 2.34. The first-order valence-corrected chi connectivity index (χ1v) is 9.47. The summed E-state index contributed by atoms with van der Waals surface area (Å²) in [6.45, 7) is 0.570. The fraction of sp³-hybridized carbons (Fsp3) is 0.400. The van der Waals surface area contributed by atoms with Gasteiger partial charge in [0.25, 0.3) is 0 Å². The minimum atomic E-state index is -3.25. The molecule has 0 saturated heterocycles. The number of hydrogen-bond acceptors (Lipinski definition) is 5. The number of aryl methyl sites for hydroxylation is 2. The summed E-state index contributed by atoms with van der Waals surface area (Å²) in [5.41, 5.74) is 3.59. The molecular formula is C15H18N4O4S. The molecule has 0 atom stereocenters. The first-order valence-electron chi connectivity index (χ1n) is 7.57. The SMILES string of the molecule is CS(=O)(=O)NCCCn1nc2c(c1C(=O)O)CCc1cnccc1-2. The van der Waals surface area contributed by atoms with Crippen molar-refractivity contribution >= 4 is 16.0 Å². The van der Waals surface area contributed by atoms with Crippen molar-refractivity contribution in [1.29, 1.82) is 0 Å². The summed E-state index contributed by atoms with van der Waals surface area (Å²) in [7, 11) is -3.25. The van der Waals surface area contributed by atoms with E-state index in [1.807, 2.05) is 6.07 Å². The zero-order valence-electron chi connectivity index (χ0n) is 13.2. The lowest BCUT2D eigenvalue weighted by Gasteiger charge is -2.14. The predicted molar refractivity (Wildman–Crippen MR) is 87.3 cm³/mol. The minimum Gasteiger partial charge on any atom is -0.477 e. The van der Waals surface area contributed by atoms with E-state index in [9.17, 15) is 18.3 Å². The van der Waals surface area contributed by atoms with Gasteiger partial charge in [-0.25, -0.2) is 17.9 Å². The zero-order valence-corrected chi connectivity index (χ0v) is 14.0. The van der Waals surface area contributed by atoms with Gasteiger partial charge in [0.05, 0.1) is 11.9 Å². The molecule has 9 heteroatoms. The molecule has 128 valence electrons. The number of aromatic nitrogens is 3. The van der Waals surface area contributed by atoms with Crippen LogP contribution in [0.2, 0.25) is 0 Å². The van der Waals surface area contributed by atoms with Crippen molar-refractivity contribution in [3.8, 4) is 11.3 Å². The number of carboxylic acids is 1. The third-order valence-corrected chi connectivity index (χ3v) is 4.70. The van der Waals surface area contributed by atoms with Crippen LogP contribution in [-0.4, -0.2) is 47.1 Å². The Kier molecular flexibility index (Phi) is 4.37. The van der Waals surface area contributed by atoms with E-state index in [2.05, 4.69) is 14.8 Å². The summed E-state index contributed by atoms with van der Waals surface area (Å²) in [4.78, 5) is 15.8. The quantitative estimate of drug-likeness (QED) is 0.741. The number of rotatable bonds is 6. The Bertz CT molecular complexity index is 889. The maximum atomic E-state index is 11.7. The van der Waals surface area contributed by atoms with Gasteiger partial charge >= 0.3 is 5.97 Å². The van der Waals surface area contributed by atoms with Crippen LogP contribution in [-0.2, 0) is 29.4 Å². The van der Waals surface area contributed by atoms with E-state index in [0.717, 1.165) is 29.4 Å². The van der Waals surface area contributed by atoms with E-state index in [4.69, 9.17) is 0 Å². The van der Waals surface area contributed by atoms with Crippen molar-refractivity contribution in [1.82, 2.24) is 19.5 Å². The maximum Gasteiger partial charge on any atom is 0.354 e. The molecule has 2 N–H and O–H groups in total. The minimum absolute atomic E-state index is 0.187. The van der Waals surface area contributed by atoms with Crippen LogP contribution in [0.4, 0.5) is 0 Å². The summed E-state index contributed by atoms with van der Waals surface area (Å²) < 4.78 is 26.0. The number of nitrogens with zero attached hydrogens (tertiary/aromatic N) is 3. The zero-order chi connectivity index (χ0) is 17.3. The molecule has 0 bridgehead atoms. The average Bonchev–Trinajstić information content (AvgIpc) is 2.89. The molecule has 0 unspecified atom stereocenters. The number of carboxylic acid groups (broad SMARTS) is 1. The Morgan fingerprint density at radius 3 is 2.92 bits per heavy atom. The standard InChI is InChI=1S/C15H18N4O4S/c1-24(22,23)17-6-2-8-19-14(15(20)21)12-4-3-10-9-16-7-5-11(10)13(12)18-19/h5,7,9,17H,2-4,6,8H2,1H3,(H,20,21). The molecule has 0 aliphatic heterocycles. The number of nitrogens with one attached hydrogen (secondary N) is 1. The van der Waals surface area contributed by atoms with Crippen molar-refractivity contribution in [2.24, 2.45) is 0 Å². The van der Waals surface area contributed by atoms with Crippen LogP contribution < -0.4 is 4.72 Å². The van der Waals surface area contributed by atoms with Gasteiger partial charge in [-0.3, -0.25) is 9.67 Å². The molecule has 2 aromatic heterocycles. The molecule has 1 aliphatic rings. The Morgan fingerprint density at radius 2 is 2.21 bits per heavy atom. The Morgan fingerprint density at radius 1 is 1.42 bits per heavy atom. The molecule has 3 rings (SSSR count). The monoisotopic (exact) mass is 350 g/mol. The highest BCUT2D eigenvalue weighted by molar-refractivity contribution is 7.88. The molecule has 0 aromatic carbocycles. The van der Waals surface area contributed by atoms with E-state index in [1.54, 1.807) is 12.4 Å². The predicted octanol–water partition coefficient (Wildman–Crippen LogP) is 0.681. The van der Waals surface area contributed by atoms with Crippen LogP contribution in [0.25, 0.3) is 11.3 Å². The largest absolute Gasteiger partial charge is 0.477 e. The lowest BCUT2D eigenvalue weighted by molar-refractivity contribution is 0.0681. The summed E-state index contributed by atoms with van der Waals surface area (Å²) in [6, 6.07) is 1.85. The molecule has 0 amide bonds. The van der Waals surface area contributed by atoms with Gasteiger partial charge in [0, 0.05) is 36.6 Å². The second-order valence-electron chi connectivity index (χ2n) is 5.76. The molecule has 2 heterocycles. The second kappa shape index (κ2) is 6.33. The van der Waals surface area contributed by atoms with Crippen LogP contribution in [0, 0.1) is 0 Å². The van der Waals surface area contributed by atoms with E-state index in [1.165, 1.54) is 4.68 Å². The average molecular weight is 350 g/mol. The number of fused-ring (bicyclic) bond motifs is 3. The topological polar surface area (TPSA) is 114 Å². The maximum absolute atomic E-state index is 11.7. The van der Waals surface area contributed by atoms with Gasteiger partial charge in [0.15, 0.2) is 0 Å². The molecule has 0 radical (unpaired) electrons. The summed E-state index contributed by atoms with van der Waals surface area (Å²) >= 11 is 0. The number of hydrogen-bond donors (Lipinski definition) is 2. The fourth-order valence-corrected chi connectivity index (χ4v) is 3.47. The molecule has 1 aliphatic carbocycles. The molecule has 2 aromatic rings. The lowest BCUT2D eigenvalue weighted by atomic mass is 9.90. The van der Waals surface area contributed by atoms with E-state index in [-0.39, 0.29) is 12.2 Å². The van der Waals surface area contributed by atoms with Crippen LogP contribution in [0.3, 0.4) is 0 Å². The smallest absolute Gasteiger partial charge is 0.354 e. The van der Waals surface area contributed by atoms with Crippen molar-refractivity contribution in [2.45, 2.75) is 25.8 Å². The van der Waals surface area contributed by atoms with Crippen LogP contribution in [0.1, 0.15) is 28.0 Å². The normalized spacial score (nSPS) is 13.4. The molecule has 0 saturated carbocycles. The van der Waals surface area contributed by atoms with E-state index < -0.39 is 16.0 Å². The second-order valence-corrected chi connectivity index (χ2v) is 7.59. The first kappa shape index (κ1) is 16.6. The van der Waals surface area contributed by atoms with Gasteiger partial charge in [0.2, 0.25) is 10.0 Å². The Labute approximate surface area is 139 Å². The van der Waals surface area contributed by atoms with E-state index in [0.29, 0.717) is 25.1 Å². The highest BCUT2D eigenvalue weighted by atomic mass is 32.2. The number of carbonyl (C=O) groups is 1. The molecule has 0 spiro atoms. The van der Waals surface area contributed by atoms with Crippen LogP contribution in [0.15, 0.2) is 18.5 Å². The Balaban J connectivity index is 1.89. The van der Waals surface area contributed by atoms with Crippen molar-refractivity contribution < 1.29 is 18.3 Å². The highest BCUT2D eigenvalue weighted by Gasteiger charge is 2.27. The van der Waals surface area contributed by atoms with Gasteiger partial charge in [-0.05, 0) is 30.9 Å². The van der Waals surface area contributed by atoms with Gasteiger partial charge in [-0.1, -0.05) is 0 Å². The van der Waals surface area contributed by atoms with Crippen molar-refractivity contribution in [2.75, 3.05) is 12.8 Å². The van der Waals surface area contributed by atoms with Gasteiger partial charge in [0.1, 0.15) is 5.69 Å². The molecule has 0 fully saturated rings.